The number of rotatable bonds is 7. The van der Waals surface area contributed by atoms with Crippen LogP contribution < -0.4 is 0 Å². The van der Waals surface area contributed by atoms with Crippen molar-refractivity contribution in [1.29, 1.82) is 0 Å². The number of fused-ring (bicyclic) bond motifs is 2. The van der Waals surface area contributed by atoms with Crippen molar-refractivity contribution in [3.05, 3.63) is 235 Å². The first kappa shape index (κ1) is 35.2. The molecule has 276 valence electrons. The van der Waals surface area contributed by atoms with Gasteiger partial charge in [0.25, 0.3) is 0 Å². The summed E-state index contributed by atoms with van der Waals surface area (Å²) in [5, 5.41) is 0. The van der Waals surface area contributed by atoms with Gasteiger partial charge in [0.15, 0.2) is 17.5 Å². The summed E-state index contributed by atoms with van der Waals surface area (Å²) in [6, 6.07) is 70.3. The van der Waals surface area contributed by atoms with Gasteiger partial charge in [-0.3, -0.25) is 0 Å². The van der Waals surface area contributed by atoms with Crippen LogP contribution in [0.2, 0.25) is 0 Å². The van der Waals surface area contributed by atoms with Gasteiger partial charge in [-0.2, -0.15) is 0 Å². The third-order valence-corrected chi connectivity index (χ3v) is 12.9. The average molecular weight is 766 g/mol. The quantitative estimate of drug-likeness (QED) is 0.162. The van der Waals surface area contributed by atoms with E-state index in [0.717, 1.165) is 61.2 Å². The summed E-state index contributed by atoms with van der Waals surface area (Å²) >= 11 is 0. The second-order valence-electron chi connectivity index (χ2n) is 14.4. The summed E-state index contributed by atoms with van der Waals surface area (Å²) in [7, 11) is -3.80. The molecule has 9 aromatic rings. The molecule has 1 aliphatic rings. The minimum Gasteiger partial charge on any atom is -0.218 e. The number of nitrogens with zero attached hydrogens (tertiary/aromatic N) is 3. The van der Waals surface area contributed by atoms with Crippen molar-refractivity contribution in [3.63, 3.8) is 0 Å². The van der Waals surface area contributed by atoms with E-state index < -0.39 is 15.3 Å². The molecule has 1 aliphatic heterocycles. The molecule has 1 aromatic heterocycles. The zero-order chi connectivity index (χ0) is 39.1. The van der Waals surface area contributed by atoms with E-state index in [1.54, 1.807) is 24.3 Å². The summed E-state index contributed by atoms with van der Waals surface area (Å²) in [5.41, 5.74) is 9.19. The van der Waals surface area contributed by atoms with E-state index in [4.69, 9.17) is 15.0 Å². The van der Waals surface area contributed by atoms with Gasteiger partial charge in [-0.05, 0) is 62.7 Å². The van der Waals surface area contributed by atoms with Crippen LogP contribution in [-0.2, 0) is 15.3 Å². The van der Waals surface area contributed by atoms with Gasteiger partial charge in [-0.25, -0.2) is 23.4 Å². The van der Waals surface area contributed by atoms with Crippen LogP contribution in [-0.4, -0.2) is 23.4 Å². The third kappa shape index (κ3) is 5.85. The van der Waals surface area contributed by atoms with Gasteiger partial charge in [0.2, 0.25) is 9.84 Å². The lowest BCUT2D eigenvalue weighted by Crippen LogP contribution is -2.38. The predicted molar refractivity (Wildman–Crippen MR) is 231 cm³/mol. The van der Waals surface area contributed by atoms with Crippen LogP contribution in [0.5, 0.6) is 0 Å². The molecule has 8 aromatic carbocycles. The van der Waals surface area contributed by atoms with Crippen molar-refractivity contribution < 1.29 is 8.42 Å². The Morgan fingerprint density at radius 3 is 1.33 bits per heavy atom. The van der Waals surface area contributed by atoms with Gasteiger partial charge in [0, 0.05) is 16.7 Å². The monoisotopic (exact) mass is 765 g/mol. The first-order valence-electron chi connectivity index (χ1n) is 19.2. The molecule has 2 heterocycles. The van der Waals surface area contributed by atoms with Gasteiger partial charge in [-0.15, -0.1) is 0 Å². The molecule has 0 radical (unpaired) electrons. The van der Waals surface area contributed by atoms with E-state index in [1.807, 2.05) is 115 Å². The highest BCUT2D eigenvalue weighted by Crippen LogP contribution is 2.55. The number of aromatic nitrogens is 3. The van der Waals surface area contributed by atoms with E-state index in [2.05, 4.69) is 72.8 Å². The Labute approximate surface area is 338 Å². The molecule has 0 spiro atoms. The van der Waals surface area contributed by atoms with Crippen LogP contribution in [0.3, 0.4) is 0 Å². The minimum absolute atomic E-state index is 0.309. The summed E-state index contributed by atoms with van der Waals surface area (Å²) in [6.45, 7) is 0. The third-order valence-electron chi connectivity index (χ3n) is 11.0. The zero-order valence-electron chi connectivity index (χ0n) is 31.3. The fourth-order valence-electron chi connectivity index (χ4n) is 8.41. The highest BCUT2D eigenvalue weighted by atomic mass is 32.2. The number of hydrogen-bond donors (Lipinski definition) is 0. The molecule has 0 saturated heterocycles. The standard InChI is InChI=1S/C52H35N3O2S/c56-58(57)47-29-14-12-27-45(47)52(42-23-8-3-9-24-42,46-28-13-15-30-48(46)58)44-26-11-10-25-43(44)40-21-16-22-41(35-40)51-54-49(38-19-6-2-7-20-38)53-50(55-51)39-33-31-37(32-34-39)36-17-4-1-5-18-36/h1-35H. The average Bonchev–Trinajstić information content (AvgIpc) is 3.30. The maximum Gasteiger partial charge on any atom is 0.207 e. The molecule has 0 N–H and O–H groups in total. The van der Waals surface area contributed by atoms with E-state index in [-0.39, 0.29) is 0 Å². The molecule has 0 unspecified atom stereocenters. The van der Waals surface area contributed by atoms with Gasteiger partial charge in [0.05, 0.1) is 15.2 Å². The summed E-state index contributed by atoms with van der Waals surface area (Å²) in [6.07, 6.45) is 0. The molecular formula is C52H35N3O2S. The number of benzene rings is 8. The first-order chi connectivity index (χ1) is 28.5. The second-order valence-corrected chi connectivity index (χ2v) is 16.2. The summed E-state index contributed by atoms with van der Waals surface area (Å²) in [4.78, 5) is 15.8. The van der Waals surface area contributed by atoms with Gasteiger partial charge < -0.3 is 0 Å². The second kappa shape index (κ2) is 14.3. The first-order valence-corrected chi connectivity index (χ1v) is 20.7. The number of hydrogen-bond acceptors (Lipinski definition) is 5. The molecule has 0 amide bonds. The van der Waals surface area contributed by atoms with Crippen LogP contribution >= 0.6 is 0 Å². The maximum atomic E-state index is 14.3. The largest absolute Gasteiger partial charge is 0.218 e. The summed E-state index contributed by atoms with van der Waals surface area (Å²) < 4.78 is 28.6. The Bertz CT molecular complexity index is 3010. The van der Waals surface area contributed by atoms with Crippen molar-refractivity contribution in [3.8, 4) is 56.4 Å². The van der Waals surface area contributed by atoms with E-state index >= 15 is 0 Å². The Morgan fingerprint density at radius 1 is 0.328 bits per heavy atom. The van der Waals surface area contributed by atoms with Crippen LogP contribution in [0.4, 0.5) is 0 Å². The highest BCUT2D eigenvalue weighted by Gasteiger charge is 2.49. The zero-order valence-corrected chi connectivity index (χ0v) is 32.1. The fraction of sp³-hybridized carbons (Fsp3) is 0.0192. The van der Waals surface area contributed by atoms with Crippen molar-refractivity contribution in [2.75, 3.05) is 0 Å². The lowest BCUT2D eigenvalue weighted by atomic mass is 9.63. The van der Waals surface area contributed by atoms with Crippen molar-refractivity contribution >= 4 is 9.84 Å². The topological polar surface area (TPSA) is 72.8 Å². The smallest absolute Gasteiger partial charge is 0.207 e. The molecule has 0 atom stereocenters. The van der Waals surface area contributed by atoms with Crippen molar-refractivity contribution in [2.45, 2.75) is 15.2 Å². The van der Waals surface area contributed by atoms with Crippen LogP contribution in [0, 0.1) is 0 Å². The molecule has 0 saturated carbocycles. The Balaban J connectivity index is 1.17. The normalized spacial score (nSPS) is 13.6. The SMILES string of the molecule is O=S1(=O)c2ccccc2C(c2ccccc2)(c2ccccc2-c2cccc(-c3nc(-c4ccccc4)nc(-c4ccc(-c5ccccc5)cc4)n3)c2)c2ccccc21. The Hall–Kier alpha value is -7.28. The highest BCUT2D eigenvalue weighted by molar-refractivity contribution is 7.91. The summed E-state index contributed by atoms with van der Waals surface area (Å²) in [5.74, 6) is 1.71. The van der Waals surface area contributed by atoms with Crippen molar-refractivity contribution in [2.24, 2.45) is 0 Å². The molecule has 10 rings (SSSR count). The maximum absolute atomic E-state index is 14.3. The van der Waals surface area contributed by atoms with Gasteiger partial charge in [0.1, 0.15) is 0 Å². The molecule has 0 aliphatic carbocycles. The van der Waals surface area contributed by atoms with Crippen molar-refractivity contribution in [1.82, 2.24) is 15.0 Å². The lowest BCUT2D eigenvalue weighted by Gasteiger charge is -2.42. The molecule has 58 heavy (non-hydrogen) atoms. The molecule has 0 bridgehead atoms. The fourth-order valence-corrected chi connectivity index (χ4v) is 10.2. The van der Waals surface area contributed by atoms with E-state index in [1.165, 1.54) is 0 Å². The molecule has 5 nitrogen and oxygen atoms in total. The van der Waals surface area contributed by atoms with E-state index in [0.29, 0.717) is 27.3 Å². The Morgan fingerprint density at radius 2 is 0.724 bits per heavy atom. The van der Waals surface area contributed by atoms with Crippen LogP contribution in [0.1, 0.15) is 22.3 Å². The minimum atomic E-state index is -3.80. The van der Waals surface area contributed by atoms with Crippen LogP contribution in [0.25, 0.3) is 56.4 Å². The predicted octanol–water partition coefficient (Wildman–Crippen LogP) is 11.7. The Kier molecular flexibility index (Phi) is 8.69. The van der Waals surface area contributed by atoms with E-state index in [9.17, 15) is 8.42 Å². The number of sulfone groups is 1. The molecule has 6 heteroatoms. The molecular weight excluding hydrogens is 731 g/mol. The van der Waals surface area contributed by atoms with Gasteiger partial charge in [-0.1, -0.05) is 194 Å². The molecule has 0 fully saturated rings. The van der Waals surface area contributed by atoms with Gasteiger partial charge >= 0.3 is 0 Å². The lowest BCUT2D eigenvalue weighted by molar-refractivity contribution is 0.579. The van der Waals surface area contributed by atoms with Crippen LogP contribution in [0.15, 0.2) is 222 Å².